The van der Waals surface area contributed by atoms with E-state index in [4.69, 9.17) is 0 Å². The van der Waals surface area contributed by atoms with Crippen LogP contribution in [0.15, 0.2) is 72.8 Å². The van der Waals surface area contributed by atoms with E-state index in [2.05, 4.69) is 98.8 Å². The molecular weight excluding hydrogens is 617 g/mol. The highest BCUT2D eigenvalue weighted by atomic mass is 32.1. The van der Waals surface area contributed by atoms with Gasteiger partial charge in [-0.2, -0.15) is 0 Å². The topological polar surface area (TPSA) is 0 Å². The number of hydrogen-bond acceptors (Lipinski definition) is 2. The second-order valence-corrected chi connectivity index (χ2v) is 16.3. The van der Waals surface area contributed by atoms with E-state index in [1.54, 1.807) is 0 Å². The maximum atomic E-state index is 2.35. The summed E-state index contributed by atoms with van der Waals surface area (Å²) in [7, 11) is 0. The molecule has 2 aromatic heterocycles. The van der Waals surface area contributed by atoms with Crippen molar-refractivity contribution in [2.75, 3.05) is 0 Å². The molecule has 0 nitrogen and oxygen atoms in total. The molecule has 0 amide bonds. The normalized spacial score (nSPS) is 11.6. The Kier molecular flexibility index (Phi) is 19.1. The molecule has 0 atom stereocenters. The number of aryl methyl sites for hydroxylation is 2. The first kappa shape index (κ1) is 38.4. The van der Waals surface area contributed by atoms with E-state index in [0.717, 1.165) is 0 Å². The average molecular weight is 681 g/mol. The SMILES string of the molecule is CCCCCCCCCCCCc1ccc(-c2ccc(/C=C/c3ccc(-c4ccc(CCCCCCCCCCCC)s4)cc3)cc2)s1. The van der Waals surface area contributed by atoms with Gasteiger partial charge in [0.2, 0.25) is 0 Å². The summed E-state index contributed by atoms with van der Waals surface area (Å²) in [5, 5.41) is 0. The second kappa shape index (κ2) is 23.9. The van der Waals surface area contributed by atoms with Gasteiger partial charge in [-0.05, 0) is 72.2 Å². The van der Waals surface area contributed by atoms with E-state index in [-0.39, 0.29) is 0 Å². The minimum Gasteiger partial charge on any atom is -0.140 e. The molecule has 0 N–H and O–H groups in total. The number of thiophene rings is 2. The molecule has 0 saturated carbocycles. The zero-order valence-electron chi connectivity index (χ0n) is 30.5. The van der Waals surface area contributed by atoms with Crippen LogP contribution >= 0.6 is 22.7 Å². The summed E-state index contributed by atoms with van der Waals surface area (Å²) >= 11 is 3.95. The van der Waals surface area contributed by atoms with Crippen LogP contribution in [0.2, 0.25) is 0 Å². The molecule has 0 aliphatic heterocycles. The Morgan fingerprint density at radius 2 is 0.667 bits per heavy atom. The molecule has 0 radical (unpaired) electrons. The molecule has 2 heteroatoms. The van der Waals surface area contributed by atoms with Gasteiger partial charge in [0.15, 0.2) is 0 Å². The van der Waals surface area contributed by atoms with Crippen molar-refractivity contribution in [2.45, 2.75) is 155 Å². The number of unbranched alkanes of at least 4 members (excludes halogenated alkanes) is 18. The van der Waals surface area contributed by atoms with Crippen LogP contribution in [-0.4, -0.2) is 0 Å². The highest BCUT2D eigenvalue weighted by molar-refractivity contribution is 7.15. The molecule has 0 aliphatic carbocycles. The van der Waals surface area contributed by atoms with Crippen LogP contribution in [-0.2, 0) is 12.8 Å². The van der Waals surface area contributed by atoms with Gasteiger partial charge in [0.25, 0.3) is 0 Å². The molecule has 2 heterocycles. The van der Waals surface area contributed by atoms with Gasteiger partial charge in [0.1, 0.15) is 0 Å². The molecular formula is C46H64S2. The first-order valence-corrected chi connectivity index (χ1v) is 21.4. The maximum Gasteiger partial charge on any atom is 0.0345 e. The Morgan fingerprint density at radius 1 is 0.354 bits per heavy atom. The van der Waals surface area contributed by atoms with Gasteiger partial charge in [0, 0.05) is 19.5 Å². The van der Waals surface area contributed by atoms with E-state index in [0.29, 0.717) is 0 Å². The molecule has 2 aromatic carbocycles. The van der Waals surface area contributed by atoms with Gasteiger partial charge < -0.3 is 0 Å². The van der Waals surface area contributed by atoms with Gasteiger partial charge in [-0.1, -0.05) is 190 Å². The molecule has 0 spiro atoms. The molecule has 0 saturated heterocycles. The van der Waals surface area contributed by atoms with Crippen LogP contribution in [0.4, 0.5) is 0 Å². The van der Waals surface area contributed by atoms with Crippen molar-refractivity contribution >= 4 is 34.8 Å². The van der Waals surface area contributed by atoms with E-state index in [1.165, 1.54) is 183 Å². The molecule has 260 valence electrons. The Labute approximate surface area is 303 Å². The summed E-state index contributed by atoms with van der Waals surface area (Å²) in [6.07, 6.45) is 35.0. The second-order valence-electron chi connectivity index (χ2n) is 14.0. The summed E-state index contributed by atoms with van der Waals surface area (Å²) in [5.41, 5.74) is 5.17. The van der Waals surface area contributed by atoms with Gasteiger partial charge in [-0.3, -0.25) is 0 Å². The average Bonchev–Trinajstić information content (AvgIpc) is 3.80. The fraction of sp³-hybridized carbons (Fsp3) is 0.522. The standard InChI is InChI=1S/C46H64S2/c1-3-5-7-9-11-13-15-17-19-21-23-43-35-37-45(47-43)41-31-27-39(28-32-41)25-26-40-29-33-42(34-30-40)46-38-36-44(48-46)24-22-20-18-16-14-12-10-8-6-4-2/h25-38H,3-24H2,1-2H3/b26-25+. The lowest BCUT2D eigenvalue weighted by atomic mass is 10.1. The lowest BCUT2D eigenvalue weighted by Crippen LogP contribution is -1.84. The minimum atomic E-state index is 1.23. The van der Waals surface area contributed by atoms with Crippen LogP contribution in [0.25, 0.3) is 33.0 Å². The third kappa shape index (κ3) is 15.0. The van der Waals surface area contributed by atoms with Gasteiger partial charge in [-0.15, -0.1) is 22.7 Å². The Hall–Kier alpha value is -2.42. The van der Waals surface area contributed by atoms with Crippen molar-refractivity contribution in [3.63, 3.8) is 0 Å². The molecule has 48 heavy (non-hydrogen) atoms. The van der Waals surface area contributed by atoms with Gasteiger partial charge in [-0.25, -0.2) is 0 Å². The molecule has 0 unspecified atom stereocenters. The van der Waals surface area contributed by atoms with Crippen LogP contribution in [0, 0.1) is 0 Å². The molecule has 4 aromatic rings. The van der Waals surface area contributed by atoms with Crippen molar-refractivity contribution in [3.8, 4) is 20.9 Å². The van der Waals surface area contributed by atoms with E-state index in [9.17, 15) is 0 Å². The van der Waals surface area contributed by atoms with E-state index >= 15 is 0 Å². The first-order valence-electron chi connectivity index (χ1n) is 19.8. The molecule has 4 rings (SSSR count). The quantitative estimate of drug-likeness (QED) is 0.0457. The van der Waals surface area contributed by atoms with Crippen molar-refractivity contribution < 1.29 is 0 Å². The molecule has 0 aliphatic rings. The largest absolute Gasteiger partial charge is 0.140 e. The van der Waals surface area contributed by atoms with Crippen molar-refractivity contribution in [2.24, 2.45) is 0 Å². The first-order chi connectivity index (χ1) is 23.7. The zero-order chi connectivity index (χ0) is 33.5. The van der Waals surface area contributed by atoms with E-state index < -0.39 is 0 Å². The smallest absolute Gasteiger partial charge is 0.0345 e. The highest BCUT2D eigenvalue weighted by Gasteiger charge is 2.05. The summed E-state index contributed by atoms with van der Waals surface area (Å²) in [6.45, 7) is 4.59. The lowest BCUT2D eigenvalue weighted by Gasteiger charge is -2.02. The van der Waals surface area contributed by atoms with Crippen LogP contribution in [0.5, 0.6) is 0 Å². The molecule has 0 fully saturated rings. The third-order valence-electron chi connectivity index (χ3n) is 9.74. The number of benzene rings is 2. The number of hydrogen-bond donors (Lipinski definition) is 0. The van der Waals surface area contributed by atoms with Crippen LogP contribution < -0.4 is 0 Å². The fourth-order valence-electron chi connectivity index (χ4n) is 6.62. The zero-order valence-corrected chi connectivity index (χ0v) is 32.1. The van der Waals surface area contributed by atoms with Crippen molar-refractivity contribution in [1.29, 1.82) is 0 Å². The van der Waals surface area contributed by atoms with Gasteiger partial charge >= 0.3 is 0 Å². The highest BCUT2D eigenvalue weighted by Crippen LogP contribution is 2.31. The van der Waals surface area contributed by atoms with Crippen LogP contribution in [0.3, 0.4) is 0 Å². The minimum absolute atomic E-state index is 1.23. The summed E-state index contributed by atoms with van der Waals surface area (Å²) in [4.78, 5) is 5.85. The summed E-state index contributed by atoms with van der Waals surface area (Å²) in [5.74, 6) is 0. The Morgan fingerprint density at radius 3 is 1.00 bits per heavy atom. The monoisotopic (exact) mass is 680 g/mol. The third-order valence-corrected chi connectivity index (χ3v) is 12.1. The Bertz CT molecular complexity index is 1280. The summed E-state index contributed by atoms with van der Waals surface area (Å²) in [6, 6.07) is 27.5. The summed E-state index contributed by atoms with van der Waals surface area (Å²) < 4.78 is 0. The van der Waals surface area contributed by atoms with Crippen molar-refractivity contribution in [3.05, 3.63) is 93.7 Å². The van der Waals surface area contributed by atoms with Crippen molar-refractivity contribution in [1.82, 2.24) is 0 Å². The lowest BCUT2D eigenvalue weighted by molar-refractivity contribution is 0.557. The maximum absolute atomic E-state index is 2.35. The molecule has 0 bridgehead atoms. The Balaban J connectivity index is 1.12. The predicted octanol–water partition coefficient (Wildman–Crippen LogP) is 16.2. The van der Waals surface area contributed by atoms with Crippen LogP contribution in [0.1, 0.15) is 163 Å². The number of rotatable bonds is 26. The van der Waals surface area contributed by atoms with Gasteiger partial charge in [0.05, 0.1) is 0 Å². The van der Waals surface area contributed by atoms with E-state index in [1.807, 2.05) is 22.7 Å². The predicted molar refractivity (Wildman–Crippen MR) is 220 cm³/mol. The fourth-order valence-corrected chi connectivity index (χ4v) is 8.73.